The third-order valence-corrected chi connectivity index (χ3v) is 4.81. The molecule has 0 radical (unpaired) electrons. The standard InChI is InChI=1S/C12H14ClN3O2S2/c1-7(12-15-8(2)16-18-12)19-6-11(17)14-5-9-3-4-10(13)20-9/h3-4,7H,5-6H2,1-2H3,(H,14,17). The average molecular weight is 332 g/mol. The van der Waals surface area contributed by atoms with Gasteiger partial charge in [0.1, 0.15) is 0 Å². The zero-order valence-corrected chi connectivity index (χ0v) is 13.4. The van der Waals surface area contributed by atoms with E-state index in [0.717, 1.165) is 9.21 Å². The largest absolute Gasteiger partial charge is 0.350 e. The summed E-state index contributed by atoms with van der Waals surface area (Å²) in [5.41, 5.74) is 0. The van der Waals surface area contributed by atoms with E-state index in [0.29, 0.717) is 24.0 Å². The van der Waals surface area contributed by atoms with E-state index in [1.807, 2.05) is 19.1 Å². The molecular formula is C12H14ClN3O2S2. The number of aryl methyl sites for hydroxylation is 1. The number of aromatic nitrogens is 2. The number of carbonyl (C=O) groups excluding carboxylic acids is 1. The number of hydrogen-bond acceptors (Lipinski definition) is 6. The summed E-state index contributed by atoms with van der Waals surface area (Å²) >= 11 is 8.75. The molecule has 0 saturated carbocycles. The molecule has 0 aliphatic heterocycles. The van der Waals surface area contributed by atoms with Crippen LogP contribution in [0.3, 0.4) is 0 Å². The van der Waals surface area contributed by atoms with E-state index >= 15 is 0 Å². The van der Waals surface area contributed by atoms with Crippen LogP contribution in [0.15, 0.2) is 16.7 Å². The van der Waals surface area contributed by atoms with Crippen molar-refractivity contribution in [2.24, 2.45) is 0 Å². The van der Waals surface area contributed by atoms with Crippen LogP contribution in [0.2, 0.25) is 4.34 Å². The summed E-state index contributed by atoms with van der Waals surface area (Å²) in [5, 5.41) is 6.58. The zero-order chi connectivity index (χ0) is 14.5. The van der Waals surface area contributed by atoms with Crippen molar-refractivity contribution >= 4 is 40.6 Å². The summed E-state index contributed by atoms with van der Waals surface area (Å²) in [4.78, 5) is 16.9. The lowest BCUT2D eigenvalue weighted by Crippen LogP contribution is -2.24. The minimum atomic E-state index is -0.0254. The number of nitrogens with one attached hydrogen (secondary N) is 1. The lowest BCUT2D eigenvalue weighted by Gasteiger charge is -2.06. The topological polar surface area (TPSA) is 68.0 Å². The van der Waals surface area contributed by atoms with Gasteiger partial charge in [0.25, 0.3) is 0 Å². The Morgan fingerprint density at radius 1 is 1.60 bits per heavy atom. The molecule has 0 fully saturated rings. The second kappa shape index (κ2) is 7.10. The Labute approximate surface area is 130 Å². The normalized spacial score (nSPS) is 12.3. The smallest absolute Gasteiger partial charge is 0.239 e. The summed E-state index contributed by atoms with van der Waals surface area (Å²) < 4.78 is 5.79. The maximum Gasteiger partial charge on any atom is 0.239 e. The third kappa shape index (κ3) is 4.50. The first-order chi connectivity index (χ1) is 9.54. The third-order valence-electron chi connectivity index (χ3n) is 2.44. The van der Waals surface area contributed by atoms with Gasteiger partial charge in [-0.2, -0.15) is 4.98 Å². The van der Waals surface area contributed by atoms with Gasteiger partial charge in [-0.1, -0.05) is 16.8 Å². The lowest BCUT2D eigenvalue weighted by atomic mass is 10.4. The number of nitrogens with zero attached hydrogens (tertiary/aromatic N) is 2. The van der Waals surface area contributed by atoms with Crippen LogP contribution in [0, 0.1) is 6.92 Å². The second-order valence-corrected chi connectivity index (χ2v) is 7.24. The van der Waals surface area contributed by atoms with E-state index in [-0.39, 0.29) is 11.2 Å². The van der Waals surface area contributed by atoms with Gasteiger partial charge in [-0.15, -0.1) is 23.1 Å². The Bertz CT molecular complexity index is 585. The fourth-order valence-electron chi connectivity index (χ4n) is 1.43. The lowest BCUT2D eigenvalue weighted by molar-refractivity contribution is -0.118. The van der Waals surface area contributed by atoms with Gasteiger partial charge in [-0.3, -0.25) is 4.79 Å². The van der Waals surface area contributed by atoms with Crippen LogP contribution in [0.5, 0.6) is 0 Å². The van der Waals surface area contributed by atoms with Crippen LogP contribution in [0.25, 0.3) is 0 Å². The van der Waals surface area contributed by atoms with Gasteiger partial charge in [-0.25, -0.2) is 0 Å². The summed E-state index contributed by atoms with van der Waals surface area (Å²) in [5.74, 6) is 1.47. The Balaban J connectivity index is 1.72. The quantitative estimate of drug-likeness (QED) is 0.880. The van der Waals surface area contributed by atoms with E-state index in [1.54, 1.807) is 6.92 Å². The molecular weight excluding hydrogens is 318 g/mol. The van der Waals surface area contributed by atoms with Gasteiger partial charge in [0.15, 0.2) is 5.82 Å². The van der Waals surface area contributed by atoms with Crippen molar-refractivity contribution in [2.45, 2.75) is 25.6 Å². The van der Waals surface area contributed by atoms with Crippen molar-refractivity contribution in [3.63, 3.8) is 0 Å². The second-order valence-electron chi connectivity index (χ2n) is 4.12. The monoisotopic (exact) mass is 331 g/mol. The molecule has 1 amide bonds. The molecule has 0 bridgehead atoms. The molecule has 0 spiro atoms. The summed E-state index contributed by atoms with van der Waals surface area (Å²) in [6, 6.07) is 3.73. The molecule has 1 atom stereocenters. The molecule has 2 aromatic rings. The van der Waals surface area contributed by atoms with Crippen molar-refractivity contribution < 1.29 is 9.32 Å². The highest BCUT2D eigenvalue weighted by Crippen LogP contribution is 2.26. The van der Waals surface area contributed by atoms with Crippen LogP contribution in [-0.4, -0.2) is 21.8 Å². The van der Waals surface area contributed by atoms with Gasteiger partial charge in [0, 0.05) is 4.88 Å². The van der Waals surface area contributed by atoms with Crippen molar-refractivity contribution in [3.05, 3.63) is 33.1 Å². The molecule has 0 aromatic carbocycles. The van der Waals surface area contributed by atoms with E-state index in [1.165, 1.54) is 23.1 Å². The fraction of sp³-hybridized carbons (Fsp3) is 0.417. The Morgan fingerprint density at radius 3 is 3.00 bits per heavy atom. The van der Waals surface area contributed by atoms with Crippen molar-refractivity contribution in [1.29, 1.82) is 0 Å². The first-order valence-corrected chi connectivity index (χ1v) is 8.21. The van der Waals surface area contributed by atoms with Gasteiger partial charge in [-0.05, 0) is 26.0 Å². The number of hydrogen-bond donors (Lipinski definition) is 1. The predicted octanol–water partition coefficient (Wildman–Crippen LogP) is 3.20. The van der Waals surface area contributed by atoms with Gasteiger partial charge >= 0.3 is 0 Å². The molecule has 2 heterocycles. The molecule has 0 aliphatic carbocycles. The molecule has 1 unspecified atom stereocenters. The van der Waals surface area contributed by atoms with E-state index < -0.39 is 0 Å². The van der Waals surface area contributed by atoms with E-state index in [2.05, 4.69) is 15.5 Å². The molecule has 0 aliphatic rings. The molecule has 2 aromatic heterocycles. The van der Waals surface area contributed by atoms with Crippen molar-refractivity contribution in [3.8, 4) is 0 Å². The minimum absolute atomic E-state index is 0.00173. The maximum atomic E-state index is 11.7. The first kappa shape index (κ1) is 15.3. The number of amides is 1. The highest BCUT2D eigenvalue weighted by Gasteiger charge is 2.15. The molecule has 5 nitrogen and oxygen atoms in total. The SMILES string of the molecule is Cc1noc(C(C)SCC(=O)NCc2ccc(Cl)s2)n1. The molecule has 108 valence electrons. The van der Waals surface area contributed by atoms with Crippen molar-refractivity contribution in [1.82, 2.24) is 15.5 Å². The predicted molar refractivity (Wildman–Crippen MR) is 81.1 cm³/mol. The number of thioether (sulfide) groups is 1. The summed E-state index contributed by atoms with van der Waals surface area (Å²) in [6.45, 7) is 4.21. The zero-order valence-electron chi connectivity index (χ0n) is 11.1. The highest BCUT2D eigenvalue weighted by molar-refractivity contribution is 8.00. The Kier molecular flexibility index (Phi) is 5.45. The van der Waals surface area contributed by atoms with E-state index in [9.17, 15) is 4.79 Å². The summed E-state index contributed by atoms with van der Waals surface area (Å²) in [6.07, 6.45) is 0. The van der Waals surface area contributed by atoms with Crippen LogP contribution < -0.4 is 5.32 Å². The van der Waals surface area contributed by atoms with Gasteiger partial charge < -0.3 is 9.84 Å². The van der Waals surface area contributed by atoms with Gasteiger partial charge in [0.05, 0.1) is 21.9 Å². The van der Waals surface area contributed by atoms with Crippen LogP contribution in [-0.2, 0) is 11.3 Å². The summed E-state index contributed by atoms with van der Waals surface area (Å²) in [7, 11) is 0. The minimum Gasteiger partial charge on any atom is -0.350 e. The number of halogens is 1. The number of thiophene rings is 1. The molecule has 0 saturated heterocycles. The Morgan fingerprint density at radius 2 is 2.40 bits per heavy atom. The molecule has 1 N–H and O–H groups in total. The van der Waals surface area contributed by atoms with Gasteiger partial charge in [0.2, 0.25) is 11.8 Å². The number of carbonyl (C=O) groups is 1. The van der Waals surface area contributed by atoms with Crippen LogP contribution >= 0.6 is 34.7 Å². The highest BCUT2D eigenvalue weighted by atomic mass is 35.5. The maximum absolute atomic E-state index is 11.7. The molecule has 2 rings (SSSR count). The Hall–Kier alpha value is -1.05. The molecule has 20 heavy (non-hydrogen) atoms. The van der Waals surface area contributed by atoms with E-state index in [4.69, 9.17) is 16.1 Å². The first-order valence-electron chi connectivity index (χ1n) is 5.97. The molecule has 8 heteroatoms. The fourth-order valence-corrected chi connectivity index (χ4v) is 3.20. The number of rotatable bonds is 6. The van der Waals surface area contributed by atoms with Crippen LogP contribution in [0.1, 0.15) is 28.8 Å². The average Bonchev–Trinajstić information content (AvgIpc) is 3.02. The van der Waals surface area contributed by atoms with Crippen molar-refractivity contribution in [2.75, 3.05) is 5.75 Å². The van der Waals surface area contributed by atoms with Crippen LogP contribution in [0.4, 0.5) is 0 Å².